The van der Waals surface area contributed by atoms with Crippen LogP contribution in [0.1, 0.15) is 59.7 Å². The van der Waals surface area contributed by atoms with Crippen molar-refractivity contribution in [1.29, 1.82) is 0 Å². The first-order chi connectivity index (χ1) is 19.7. The number of hydrogen-bond donors (Lipinski definition) is 2. The van der Waals surface area contributed by atoms with Crippen molar-refractivity contribution in [3.63, 3.8) is 0 Å². The van der Waals surface area contributed by atoms with E-state index in [9.17, 15) is 19.5 Å². The first kappa shape index (κ1) is 27.6. The van der Waals surface area contributed by atoms with Crippen molar-refractivity contribution in [2.75, 3.05) is 0 Å². The topological polar surface area (TPSA) is 110 Å². The summed E-state index contributed by atoms with van der Waals surface area (Å²) in [5, 5.41) is 18.9. The third-order valence-corrected chi connectivity index (χ3v) is 7.30. The van der Waals surface area contributed by atoms with Crippen LogP contribution in [0.5, 0.6) is 11.5 Å². The Balaban J connectivity index is 1.36. The van der Waals surface area contributed by atoms with Gasteiger partial charge >= 0.3 is 5.97 Å². The lowest BCUT2D eigenvalue weighted by Gasteiger charge is -2.29. The number of ether oxygens (including phenoxy) is 2. The van der Waals surface area contributed by atoms with E-state index >= 15 is 0 Å². The Kier molecular flexibility index (Phi) is 7.88. The van der Waals surface area contributed by atoms with Gasteiger partial charge in [-0.2, -0.15) is 0 Å². The number of aromatic hydroxyl groups is 1. The van der Waals surface area contributed by atoms with Crippen molar-refractivity contribution in [2.45, 2.75) is 39.2 Å². The number of carbonyl (C=O) groups excluding carboxylic acids is 2. The van der Waals surface area contributed by atoms with Gasteiger partial charge in [0.15, 0.2) is 11.5 Å². The highest BCUT2D eigenvalue weighted by Crippen LogP contribution is 2.49. The van der Waals surface area contributed by atoms with Crippen LogP contribution in [-0.4, -0.2) is 27.7 Å². The lowest BCUT2D eigenvalue weighted by atomic mass is 9.71. The Morgan fingerprint density at radius 1 is 0.951 bits per heavy atom. The lowest BCUT2D eigenvalue weighted by molar-refractivity contribution is -0.118. The Labute approximate surface area is 238 Å². The molecule has 7 nitrogen and oxygen atoms in total. The molecule has 1 aliphatic heterocycles. The molecule has 0 amide bonds. The molecule has 1 saturated heterocycles. The number of ketones is 2. The fourth-order valence-electron chi connectivity index (χ4n) is 5.28. The number of Topliss-reactive ketones (excluding diaryl/α,β-unsaturated/α-hetero) is 2. The highest BCUT2D eigenvalue weighted by molar-refractivity contribution is 6.07. The van der Waals surface area contributed by atoms with Gasteiger partial charge in [0.1, 0.15) is 23.9 Å². The molecule has 1 fully saturated rings. The smallest absolute Gasteiger partial charge is 0.335 e. The highest BCUT2D eigenvalue weighted by Gasteiger charge is 2.47. The number of allylic oxidation sites excluding steroid dienone is 5. The molecule has 2 atom stereocenters. The van der Waals surface area contributed by atoms with Crippen molar-refractivity contribution >= 4 is 23.6 Å². The van der Waals surface area contributed by atoms with Crippen LogP contribution in [0.2, 0.25) is 0 Å². The summed E-state index contributed by atoms with van der Waals surface area (Å²) in [6.45, 7) is 4.10. The molecule has 1 aliphatic carbocycles. The zero-order chi connectivity index (χ0) is 29.1. The van der Waals surface area contributed by atoms with Crippen molar-refractivity contribution in [3.8, 4) is 11.5 Å². The van der Waals surface area contributed by atoms with Crippen LogP contribution in [0, 0.1) is 5.92 Å². The number of phenolic OH excluding ortho intramolecular Hbond substituents is 1. The summed E-state index contributed by atoms with van der Waals surface area (Å²) in [4.78, 5) is 38.0. The van der Waals surface area contributed by atoms with Gasteiger partial charge in [0.2, 0.25) is 5.78 Å². The monoisotopic (exact) mass is 550 g/mol. The van der Waals surface area contributed by atoms with Crippen LogP contribution < -0.4 is 4.74 Å². The fourth-order valence-corrected chi connectivity index (χ4v) is 5.28. The Bertz CT molecular complexity index is 1570. The average molecular weight is 551 g/mol. The minimum atomic E-state index is -0.977. The SMILES string of the molecule is CCCC(=O)C1=C(C)C=C2O/C(=C\c3ccc(OCc4ccc(C(=O)O)cc4)cc3)C(=O)C2C1c1ccc(O)cc1. The van der Waals surface area contributed by atoms with Crippen LogP contribution in [0.3, 0.4) is 0 Å². The maximum Gasteiger partial charge on any atom is 0.335 e. The van der Waals surface area contributed by atoms with Crippen LogP contribution >= 0.6 is 0 Å². The molecule has 0 bridgehead atoms. The summed E-state index contributed by atoms with van der Waals surface area (Å²) in [5.74, 6) is -0.890. The van der Waals surface area contributed by atoms with Gasteiger partial charge in [-0.1, -0.05) is 43.3 Å². The van der Waals surface area contributed by atoms with Gasteiger partial charge in [-0.3, -0.25) is 9.59 Å². The number of rotatable bonds is 9. The minimum absolute atomic E-state index is 0.0111. The number of carbonyl (C=O) groups is 3. The van der Waals surface area contributed by atoms with E-state index < -0.39 is 17.8 Å². The number of phenols is 1. The summed E-state index contributed by atoms with van der Waals surface area (Å²) in [7, 11) is 0. The quantitative estimate of drug-likeness (QED) is 0.289. The van der Waals surface area contributed by atoms with Gasteiger partial charge in [0, 0.05) is 17.9 Å². The molecule has 208 valence electrons. The third kappa shape index (κ3) is 5.84. The summed E-state index contributed by atoms with van der Waals surface area (Å²) >= 11 is 0. The van der Waals surface area contributed by atoms with E-state index in [1.54, 1.807) is 60.7 Å². The van der Waals surface area contributed by atoms with Gasteiger partial charge in [0.25, 0.3) is 0 Å². The molecule has 5 rings (SSSR count). The van der Waals surface area contributed by atoms with Crippen LogP contribution in [0.4, 0.5) is 0 Å². The van der Waals surface area contributed by atoms with E-state index in [-0.39, 0.29) is 35.2 Å². The molecule has 3 aromatic rings. The number of carboxylic acids is 1. The second-order valence-corrected chi connectivity index (χ2v) is 10.2. The minimum Gasteiger partial charge on any atom is -0.508 e. The molecule has 3 aromatic carbocycles. The first-order valence-corrected chi connectivity index (χ1v) is 13.5. The third-order valence-electron chi connectivity index (χ3n) is 7.30. The van der Waals surface area contributed by atoms with E-state index in [4.69, 9.17) is 14.6 Å². The number of benzene rings is 3. The Morgan fingerprint density at radius 3 is 2.27 bits per heavy atom. The molecule has 41 heavy (non-hydrogen) atoms. The van der Waals surface area contributed by atoms with Gasteiger partial charge < -0.3 is 19.7 Å². The van der Waals surface area contributed by atoms with Crippen molar-refractivity contribution in [2.24, 2.45) is 5.92 Å². The van der Waals surface area contributed by atoms with Gasteiger partial charge in [-0.25, -0.2) is 4.79 Å². The lowest BCUT2D eigenvalue weighted by Crippen LogP contribution is -2.27. The molecule has 7 heteroatoms. The van der Waals surface area contributed by atoms with E-state index in [2.05, 4.69) is 0 Å². The largest absolute Gasteiger partial charge is 0.508 e. The molecule has 0 saturated carbocycles. The second kappa shape index (κ2) is 11.7. The number of fused-ring (bicyclic) bond motifs is 1. The second-order valence-electron chi connectivity index (χ2n) is 10.2. The predicted molar refractivity (Wildman–Crippen MR) is 153 cm³/mol. The Hall–Kier alpha value is -4.91. The Morgan fingerprint density at radius 2 is 1.63 bits per heavy atom. The molecule has 1 heterocycles. The zero-order valence-electron chi connectivity index (χ0n) is 22.8. The number of hydrogen-bond acceptors (Lipinski definition) is 6. The molecule has 0 spiro atoms. The normalized spacial score (nSPS) is 19.0. The maximum atomic E-state index is 13.7. The van der Waals surface area contributed by atoms with Gasteiger partial charge in [-0.05, 0) is 84.2 Å². The first-order valence-electron chi connectivity index (χ1n) is 13.5. The summed E-state index contributed by atoms with van der Waals surface area (Å²) in [6, 6.07) is 20.3. The van der Waals surface area contributed by atoms with Crippen molar-refractivity contribution < 1.29 is 34.1 Å². The molecular weight excluding hydrogens is 520 g/mol. The summed E-state index contributed by atoms with van der Waals surface area (Å²) < 4.78 is 11.9. The van der Waals surface area contributed by atoms with E-state index in [0.29, 0.717) is 29.9 Å². The van der Waals surface area contributed by atoms with Crippen LogP contribution in [-0.2, 0) is 20.9 Å². The van der Waals surface area contributed by atoms with Gasteiger partial charge in [-0.15, -0.1) is 0 Å². The maximum absolute atomic E-state index is 13.7. The standard InChI is InChI=1S/C34H30O7/c1-3-4-27(36)30-20(2)17-28-32(31(30)23-11-13-25(35)14-12-23)33(37)29(41-28)18-21-7-15-26(16-8-21)40-19-22-5-9-24(10-6-22)34(38)39/h5-18,31-32,35H,3-4,19H2,1-2H3,(H,38,39)/b29-18-. The molecule has 0 radical (unpaired) electrons. The van der Waals surface area contributed by atoms with E-state index in [0.717, 1.165) is 22.3 Å². The van der Waals surface area contributed by atoms with Crippen molar-refractivity contribution in [3.05, 3.63) is 124 Å². The molecule has 2 N–H and O–H groups in total. The van der Waals surface area contributed by atoms with E-state index in [1.807, 2.05) is 26.0 Å². The van der Waals surface area contributed by atoms with Crippen molar-refractivity contribution in [1.82, 2.24) is 0 Å². The summed E-state index contributed by atoms with van der Waals surface area (Å²) in [5.41, 5.74) is 3.97. The fraction of sp³-hybridized carbons (Fsp3) is 0.206. The zero-order valence-corrected chi connectivity index (χ0v) is 22.8. The van der Waals surface area contributed by atoms with Crippen LogP contribution in [0.15, 0.2) is 102 Å². The molecule has 2 unspecified atom stereocenters. The number of aromatic carboxylic acids is 1. The van der Waals surface area contributed by atoms with Gasteiger partial charge in [0.05, 0.1) is 11.5 Å². The highest BCUT2D eigenvalue weighted by atomic mass is 16.5. The predicted octanol–water partition coefficient (Wildman–Crippen LogP) is 6.59. The molecule has 0 aromatic heterocycles. The molecule has 2 aliphatic rings. The van der Waals surface area contributed by atoms with E-state index in [1.165, 1.54) is 12.1 Å². The average Bonchev–Trinajstić information content (AvgIpc) is 3.26. The molecular formula is C34H30O7. The number of carboxylic acid groups (broad SMARTS) is 1. The summed E-state index contributed by atoms with van der Waals surface area (Å²) in [6.07, 6.45) is 4.57. The van der Waals surface area contributed by atoms with Crippen LogP contribution in [0.25, 0.3) is 6.08 Å².